The first kappa shape index (κ1) is 38.4. The molecule has 0 fully saturated rings. The van der Waals surface area contributed by atoms with E-state index in [1.807, 2.05) is 0 Å². The fraction of sp³-hybridized carbons (Fsp3) is 0.781. The molecule has 11 nitrogen and oxygen atoms in total. The number of nitrogens with zero attached hydrogens (tertiary/aromatic N) is 1. The van der Waals surface area contributed by atoms with Gasteiger partial charge in [0.05, 0.1) is 31.5 Å². The molecule has 0 radical (unpaired) electrons. The number of rotatable bonds is 30. The van der Waals surface area contributed by atoms with Crippen LogP contribution < -0.4 is 22.1 Å². The predicted octanol–water partition coefficient (Wildman–Crippen LogP) is 3.95. The number of imidazole rings is 1. The number of hydrogen-bond donors (Lipinski definition) is 6. The Balaban J connectivity index is 1.96. The largest absolute Gasteiger partial charge is 0.481 e. The highest BCUT2D eigenvalue weighted by Crippen LogP contribution is 2.14. The SMILES string of the molecule is NCC(=O)[C@@H](CCCCNC(=O)CCCCCCCCCCCCCCCCC(=O)O)NCC(=O)[C@@H](N)Cc1cnc[nH]1. The van der Waals surface area contributed by atoms with Crippen molar-refractivity contribution in [3.63, 3.8) is 0 Å². The Kier molecular flexibility index (Phi) is 23.1. The Morgan fingerprint density at radius 1 is 0.791 bits per heavy atom. The number of H-pyrrole nitrogens is 1. The Bertz CT molecular complexity index is 880. The molecular formula is C32H58N6O5. The van der Waals surface area contributed by atoms with Crippen molar-refractivity contribution in [2.24, 2.45) is 11.5 Å². The Hall–Kier alpha value is -2.63. The Labute approximate surface area is 258 Å². The molecule has 1 aromatic rings. The van der Waals surface area contributed by atoms with Crippen LogP contribution >= 0.6 is 0 Å². The third-order valence-electron chi connectivity index (χ3n) is 7.81. The summed E-state index contributed by atoms with van der Waals surface area (Å²) < 4.78 is 0. The standard InChI is InChI=1S/C32H58N6O5/c33-22-29(39)28(37-24-30(40)27(34)21-26-23-35-25-38-26)17-15-16-20-36-31(41)18-13-11-9-7-5-3-1-2-4-6-8-10-12-14-19-32(42)43/h23,25,27-28,37H,1-22,24,33-34H2,(H,35,38)(H,36,41)(H,42,43)/t27-,28+/m0/s1. The number of nitrogens with two attached hydrogens (primary N) is 2. The molecule has 1 aromatic heterocycles. The molecule has 246 valence electrons. The molecule has 0 aliphatic rings. The van der Waals surface area contributed by atoms with Gasteiger partial charge in [0.15, 0.2) is 11.6 Å². The van der Waals surface area contributed by atoms with Crippen molar-refractivity contribution in [1.82, 2.24) is 20.6 Å². The summed E-state index contributed by atoms with van der Waals surface area (Å²) >= 11 is 0. The van der Waals surface area contributed by atoms with E-state index >= 15 is 0 Å². The van der Waals surface area contributed by atoms with Gasteiger partial charge in [0, 0.05) is 37.7 Å². The van der Waals surface area contributed by atoms with Gasteiger partial charge in [-0.2, -0.15) is 0 Å². The number of unbranched alkanes of at least 4 members (excludes halogenated alkanes) is 14. The minimum atomic E-state index is -0.691. The zero-order valence-corrected chi connectivity index (χ0v) is 26.3. The number of aromatic amines is 1. The number of nitrogens with one attached hydrogen (secondary N) is 3. The van der Waals surface area contributed by atoms with Gasteiger partial charge < -0.3 is 32.2 Å². The second kappa shape index (κ2) is 25.8. The first-order chi connectivity index (χ1) is 20.8. The second-order valence-corrected chi connectivity index (χ2v) is 11.6. The maximum Gasteiger partial charge on any atom is 0.303 e. The second-order valence-electron chi connectivity index (χ2n) is 11.6. The lowest BCUT2D eigenvalue weighted by Gasteiger charge is -2.18. The molecular weight excluding hydrogens is 548 g/mol. The van der Waals surface area contributed by atoms with Gasteiger partial charge in [-0.3, -0.25) is 19.2 Å². The van der Waals surface area contributed by atoms with Crippen molar-refractivity contribution in [2.75, 3.05) is 19.6 Å². The van der Waals surface area contributed by atoms with Gasteiger partial charge in [-0.1, -0.05) is 77.0 Å². The quantitative estimate of drug-likeness (QED) is 0.0703. The van der Waals surface area contributed by atoms with Crippen LogP contribution in [-0.4, -0.2) is 70.2 Å². The average Bonchev–Trinajstić information content (AvgIpc) is 3.50. The monoisotopic (exact) mass is 606 g/mol. The van der Waals surface area contributed by atoms with Crippen molar-refractivity contribution in [2.45, 2.75) is 141 Å². The highest BCUT2D eigenvalue weighted by Gasteiger charge is 2.20. The molecule has 0 saturated heterocycles. The predicted molar refractivity (Wildman–Crippen MR) is 169 cm³/mol. The van der Waals surface area contributed by atoms with Crippen LogP contribution in [0.1, 0.15) is 128 Å². The topological polar surface area (TPSA) is 193 Å². The van der Waals surface area contributed by atoms with E-state index in [1.54, 1.807) is 6.20 Å². The van der Waals surface area contributed by atoms with E-state index in [0.717, 1.165) is 50.6 Å². The summed E-state index contributed by atoms with van der Waals surface area (Å²) in [7, 11) is 0. The number of hydrogen-bond acceptors (Lipinski definition) is 8. The summed E-state index contributed by atoms with van der Waals surface area (Å²) in [5.74, 6) is -0.935. The lowest BCUT2D eigenvalue weighted by Crippen LogP contribution is -2.46. The van der Waals surface area contributed by atoms with E-state index in [2.05, 4.69) is 20.6 Å². The molecule has 1 amide bonds. The smallest absolute Gasteiger partial charge is 0.303 e. The van der Waals surface area contributed by atoms with E-state index in [9.17, 15) is 19.2 Å². The average molecular weight is 607 g/mol. The molecule has 2 atom stereocenters. The van der Waals surface area contributed by atoms with Gasteiger partial charge in [0.2, 0.25) is 5.91 Å². The summed E-state index contributed by atoms with van der Waals surface area (Å²) in [6.07, 6.45) is 22.6. The lowest BCUT2D eigenvalue weighted by atomic mass is 10.0. The molecule has 0 spiro atoms. The summed E-state index contributed by atoms with van der Waals surface area (Å²) in [5.41, 5.74) is 12.3. The van der Waals surface area contributed by atoms with Crippen molar-refractivity contribution in [1.29, 1.82) is 0 Å². The van der Waals surface area contributed by atoms with Crippen LogP contribution in [0.4, 0.5) is 0 Å². The number of carboxylic acid groups (broad SMARTS) is 1. The van der Waals surface area contributed by atoms with Crippen LogP contribution in [0.3, 0.4) is 0 Å². The highest BCUT2D eigenvalue weighted by atomic mass is 16.4. The number of carboxylic acids is 1. The van der Waals surface area contributed by atoms with Crippen LogP contribution in [0.15, 0.2) is 12.5 Å². The van der Waals surface area contributed by atoms with Crippen molar-refractivity contribution in [3.05, 3.63) is 18.2 Å². The molecule has 0 aromatic carbocycles. The molecule has 0 saturated carbocycles. The Morgan fingerprint density at radius 2 is 1.35 bits per heavy atom. The third-order valence-corrected chi connectivity index (χ3v) is 7.81. The van der Waals surface area contributed by atoms with Gasteiger partial charge in [0.25, 0.3) is 0 Å². The minimum Gasteiger partial charge on any atom is -0.481 e. The van der Waals surface area contributed by atoms with Crippen molar-refractivity contribution >= 4 is 23.4 Å². The van der Waals surface area contributed by atoms with E-state index in [0.29, 0.717) is 32.2 Å². The van der Waals surface area contributed by atoms with E-state index in [1.165, 1.54) is 64.1 Å². The normalized spacial score (nSPS) is 12.6. The number of Topliss-reactive ketones (excluding diaryl/α,β-unsaturated/α-hetero) is 2. The van der Waals surface area contributed by atoms with Crippen LogP contribution in [0.25, 0.3) is 0 Å². The summed E-state index contributed by atoms with van der Waals surface area (Å²) in [6, 6.07) is -1.18. The van der Waals surface area contributed by atoms with Crippen LogP contribution in [0, 0.1) is 0 Å². The first-order valence-electron chi connectivity index (χ1n) is 16.5. The van der Waals surface area contributed by atoms with Gasteiger partial charge >= 0.3 is 5.97 Å². The summed E-state index contributed by atoms with van der Waals surface area (Å²) in [6.45, 7) is 0.478. The first-order valence-corrected chi connectivity index (χ1v) is 16.5. The van der Waals surface area contributed by atoms with E-state index < -0.39 is 18.1 Å². The van der Waals surface area contributed by atoms with Gasteiger partial charge in [-0.15, -0.1) is 0 Å². The molecule has 0 bridgehead atoms. The van der Waals surface area contributed by atoms with Crippen LogP contribution in [-0.2, 0) is 25.6 Å². The van der Waals surface area contributed by atoms with Gasteiger partial charge in [-0.25, -0.2) is 4.98 Å². The maximum absolute atomic E-state index is 12.4. The molecule has 0 unspecified atom stereocenters. The molecule has 43 heavy (non-hydrogen) atoms. The van der Waals surface area contributed by atoms with Crippen LogP contribution in [0.5, 0.6) is 0 Å². The van der Waals surface area contributed by atoms with E-state index in [4.69, 9.17) is 16.6 Å². The van der Waals surface area contributed by atoms with Crippen LogP contribution in [0.2, 0.25) is 0 Å². The van der Waals surface area contributed by atoms with Crippen molar-refractivity contribution in [3.8, 4) is 0 Å². The third kappa shape index (κ3) is 21.7. The summed E-state index contributed by atoms with van der Waals surface area (Å²) in [4.78, 5) is 54.1. The molecule has 0 aliphatic heterocycles. The Morgan fingerprint density at radius 3 is 1.86 bits per heavy atom. The molecule has 8 N–H and O–H groups in total. The molecule has 1 heterocycles. The number of aromatic nitrogens is 2. The molecule has 1 rings (SSSR count). The number of carbonyl (C=O) groups excluding carboxylic acids is 3. The van der Waals surface area contributed by atoms with E-state index in [-0.39, 0.29) is 30.6 Å². The molecule has 0 aliphatic carbocycles. The zero-order valence-electron chi connectivity index (χ0n) is 26.3. The van der Waals surface area contributed by atoms with Gasteiger partial charge in [0.1, 0.15) is 0 Å². The number of amides is 1. The maximum atomic E-state index is 12.4. The molecule has 11 heteroatoms. The zero-order chi connectivity index (χ0) is 31.5. The number of ketones is 2. The number of carbonyl (C=O) groups is 4. The number of aliphatic carboxylic acids is 1. The highest BCUT2D eigenvalue weighted by molar-refractivity contribution is 5.88. The fourth-order valence-electron chi connectivity index (χ4n) is 5.09. The van der Waals surface area contributed by atoms with Crippen molar-refractivity contribution < 1.29 is 24.3 Å². The fourth-order valence-corrected chi connectivity index (χ4v) is 5.09. The van der Waals surface area contributed by atoms with Gasteiger partial charge in [-0.05, 0) is 32.1 Å². The minimum absolute atomic E-state index is 0.00235. The lowest BCUT2D eigenvalue weighted by molar-refractivity contribution is -0.137. The summed E-state index contributed by atoms with van der Waals surface area (Å²) in [5, 5.41) is 14.6.